The van der Waals surface area contributed by atoms with Crippen molar-refractivity contribution >= 4 is 11.6 Å². The molecule has 2 rings (SSSR count). The van der Waals surface area contributed by atoms with Crippen LogP contribution in [0.4, 0.5) is 10.1 Å². The second-order valence-electron chi connectivity index (χ2n) is 5.05. The first-order valence-electron chi connectivity index (χ1n) is 6.55. The molecule has 1 saturated carbocycles. The monoisotopic (exact) mass is 266 g/mol. The molecule has 1 aliphatic rings. The zero-order valence-electron chi connectivity index (χ0n) is 10.8. The molecule has 1 fully saturated rings. The molecule has 0 atom stereocenters. The third-order valence-corrected chi connectivity index (χ3v) is 3.62. The summed E-state index contributed by atoms with van der Waals surface area (Å²) in [4.78, 5) is 11.8. The number of amides is 1. The van der Waals surface area contributed by atoms with Crippen LogP contribution < -0.4 is 10.6 Å². The van der Waals surface area contributed by atoms with E-state index in [1.54, 1.807) is 0 Å². The lowest BCUT2D eigenvalue weighted by molar-refractivity contribution is -0.115. The van der Waals surface area contributed by atoms with Gasteiger partial charge in [0.15, 0.2) is 0 Å². The Morgan fingerprint density at radius 2 is 1.89 bits per heavy atom. The van der Waals surface area contributed by atoms with Gasteiger partial charge in [-0.05, 0) is 37.1 Å². The fraction of sp³-hybridized carbons (Fsp3) is 0.500. The van der Waals surface area contributed by atoms with Crippen molar-refractivity contribution in [3.05, 3.63) is 30.1 Å². The maximum Gasteiger partial charge on any atom is 0.238 e. The average molecular weight is 266 g/mol. The molecular weight excluding hydrogens is 247 g/mol. The quantitative estimate of drug-likeness (QED) is 0.759. The largest absolute Gasteiger partial charge is 0.394 e. The highest BCUT2D eigenvalue weighted by atomic mass is 19.1. The van der Waals surface area contributed by atoms with Crippen LogP contribution in [-0.2, 0) is 4.79 Å². The van der Waals surface area contributed by atoms with Crippen molar-refractivity contribution in [1.29, 1.82) is 0 Å². The third-order valence-electron chi connectivity index (χ3n) is 3.62. The van der Waals surface area contributed by atoms with Gasteiger partial charge in [0.1, 0.15) is 5.82 Å². The highest BCUT2D eigenvalue weighted by Crippen LogP contribution is 2.28. The van der Waals surface area contributed by atoms with E-state index in [0.29, 0.717) is 5.69 Å². The highest BCUT2D eigenvalue weighted by Gasteiger charge is 2.32. The van der Waals surface area contributed by atoms with Gasteiger partial charge in [0, 0.05) is 11.2 Å². The van der Waals surface area contributed by atoms with Gasteiger partial charge in [-0.3, -0.25) is 4.79 Å². The van der Waals surface area contributed by atoms with Crippen LogP contribution in [0.1, 0.15) is 25.7 Å². The number of rotatable bonds is 5. The maximum atomic E-state index is 12.7. The number of nitrogens with one attached hydrogen (secondary N) is 2. The minimum absolute atomic E-state index is 0.0524. The van der Waals surface area contributed by atoms with Crippen LogP contribution in [-0.4, -0.2) is 29.7 Å². The fourth-order valence-electron chi connectivity index (χ4n) is 2.45. The van der Waals surface area contributed by atoms with Gasteiger partial charge in [-0.25, -0.2) is 4.39 Å². The van der Waals surface area contributed by atoms with Gasteiger partial charge in [0.2, 0.25) is 5.91 Å². The Morgan fingerprint density at radius 3 is 2.47 bits per heavy atom. The molecule has 1 aromatic carbocycles. The van der Waals surface area contributed by atoms with Crippen LogP contribution in [0.3, 0.4) is 0 Å². The van der Waals surface area contributed by atoms with Gasteiger partial charge in [-0.15, -0.1) is 0 Å². The van der Waals surface area contributed by atoms with Crippen LogP contribution in [0, 0.1) is 5.82 Å². The predicted molar refractivity (Wildman–Crippen MR) is 71.3 cm³/mol. The van der Waals surface area contributed by atoms with Crippen molar-refractivity contribution in [2.45, 2.75) is 31.2 Å². The number of aliphatic hydroxyl groups is 1. The standard InChI is InChI=1S/C14H19FN2O2/c15-11-3-5-12(6-4-11)17-13(19)9-16-14(10-18)7-1-2-8-14/h3-6,16,18H,1-2,7-10H2,(H,17,19). The summed E-state index contributed by atoms with van der Waals surface area (Å²) in [5, 5.41) is 15.2. The molecule has 19 heavy (non-hydrogen) atoms. The third kappa shape index (κ3) is 3.75. The van der Waals surface area contributed by atoms with Crippen LogP contribution in [0.5, 0.6) is 0 Å². The number of halogens is 1. The molecule has 1 amide bonds. The van der Waals surface area contributed by atoms with Gasteiger partial charge in [-0.2, -0.15) is 0 Å². The van der Waals surface area contributed by atoms with Crippen LogP contribution in [0.15, 0.2) is 24.3 Å². The molecule has 1 aliphatic carbocycles. The molecule has 1 aromatic rings. The Labute approximate surface area is 112 Å². The normalized spacial score (nSPS) is 17.4. The second-order valence-corrected chi connectivity index (χ2v) is 5.05. The number of hydrogen-bond donors (Lipinski definition) is 3. The van der Waals surface area contributed by atoms with Crippen LogP contribution in [0.2, 0.25) is 0 Å². The number of anilines is 1. The molecule has 0 aliphatic heterocycles. The van der Waals surface area contributed by atoms with E-state index in [4.69, 9.17) is 0 Å². The number of aliphatic hydroxyl groups excluding tert-OH is 1. The first-order chi connectivity index (χ1) is 9.13. The van der Waals surface area contributed by atoms with E-state index in [-0.39, 0.29) is 30.4 Å². The van der Waals surface area contributed by atoms with E-state index in [2.05, 4.69) is 10.6 Å². The van der Waals surface area contributed by atoms with Gasteiger partial charge >= 0.3 is 0 Å². The Hall–Kier alpha value is -1.46. The summed E-state index contributed by atoms with van der Waals surface area (Å²) in [7, 11) is 0. The van der Waals surface area contributed by atoms with Gasteiger partial charge in [0.25, 0.3) is 0 Å². The summed E-state index contributed by atoms with van der Waals surface area (Å²) >= 11 is 0. The summed E-state index contributed by atoms with van der Waals surface area (Å²) in [6.45, 7) is 0.203. The molecule has 3 N–H and O–H groups in total. The van der Waals surface area contributed by atoms with E-state index in [9.17, 15) is 14.3 Å². The summed E-state index contributed by atoms with van der Waals surface area (Å²) in [6.07, 6.45) is 3.95. The predicted octanol–water partition coefficient (Wildman–Crippen LogP) is 1.66. The molecule has 5 heteroatoms. The lowest BCUT2D eigenvalue weighted by Crippen LogP contribution is -2.49. The number of carbonyl (C=O) groups excluding carboxylic acids is 1. The van der Waals surface area contributed by atoms with Gasteiger partial charge in [0.05, 0.1) is 13.2 Å². The van der Waals surface area contributed by atoms with Crippen molar-refractivity contribution < 1.29 is 14.3 Å². The van der Waals surface area contributed by atoms with Crippen molar-refractivity contribution in [1.82, 2.24) is 5.32 Å². The van der Waals surface area contributed by atoms with E-state index in [1.165, 1.54) is 24.3 Å². The Balaban J connectivity index is 1.82. The Morgan fingerprint density at radius 1 is 1.26 bits per heavy atom. The second kappa shape index (κ2) is 6.12. The van der Waals surface area contributed by atoms with Crippen molar-refractivity contribution in [3.63, 3.8) is 0 Å². The number of hydrogen-bond acceptors (Lipinski definition) is 3. The van der Waals surface area contributed by atoms with Crippen LogP contribution >= 0.6 is 0 Å². The Kier molecular flexibility index (Phi) is 4.50. The molecule has 0 aromatic heterocycles. The molecule has 0 heterocycles. The zero-order valence-corrected chi connectivity index (χ0v) is 10.8. The lowest BCUT2D eigenvalue weighted by atomic mass is 9.99. The number of benzene rings is 1. The van der Waals surface area contributed by atoms with Gasteiger partial charge < -0.3 is 15.7 Å². The van der Waals surface area contributed by atoms with E-state index in [0.717, 1.165) is 25.7 Å². The first-order valence-corrected chi connectivity index (χ1v) is 6.55. The molecule has 0 spiro atoms. The van der Waals surface area contributed by atoms with E-state index in [1.807, 2.05) is 0 Å². The molecule has 104 valence electrons. The summed E-state index contributed by atoms with van der Waals surface area (Å²) in [5.74, 6) is -0.521. The fourth-order valence-corrected chi connectivity index (χ4v) is 2.45. The minimum Gasteiger partial charge on any atom is -0.394 e. The Bertz CT molecular complexity index is 428. The maximum absolute atomic E-state index is 12.7. The van der Waals surface area contributed by atoms with E-state index >= 15 is 0 Å². The zero-order chi connectivity index (χ0) is 13.7. The van der Waals surface area contributed by atoms with E-state index < -0.39 is 0 Å². The summed E-state index contributed by atoms with van der Waals surface area (Å²) in [6, 6.07) is 5.64. The van der Waals surface area contributed by atoms with Crippen LogP contribution in [0.25, 0.3) is 0 Å². The summed E-state index contributed by atoms with van der Waals surface area (Å²) in [5.41, 5.74) is 0.262. The highest BCUT2D eigenvalue weighted by molar-refractivity contribution is 5.92. The van der Waals surface area contributed by atoms with Crippen molar-refractivity contribution in [2.24, 2.45) is 0 Å². The minimum atomic E-state index is -0.332. The molecule has 0 unspecified atom stereocenters. The molecular formula is C14H19FN2O2. The van der Waals surface area contributed by atoms with Crippen molar-refractivity contribution in [3.8, 4) is 0 Å². The number of carbonyl (C=O) groups is 1. The molecule has 0 bridgehead atoms. The first kappa shape index (κ1) is 14.0. The smallest absolute Gasteiger partial charge is 0.238 e. The van der Waals surface area contributed by atoms with Crippen molar-refractivity contribution in [2.75, 3.05) is 18.5 Å². The topological polar surface area (TPSA) is 61.4 Å². The van der Waals surface area contributed by atoms with Gasteiger partial charge in [-0.1, -0.05) is 12.8 Å². The summed E-state index contributed by atoms with van der Waals surface area (Å²) < 4.78 is 12.7. The molecule has 0 saturated heterocycles. The molecule has 0 radical (unpaired) electrons. The SMILES string of the molecule is O=C(CNC1(CO)CCCC1)Nc1ccc(F)cc1. The lowest BCUT2D eigenvalue weighted by Gasteiger charge is -2.27. The average Bonchev–Trinajstić information content (AvgIpc) is 2.89. The molecule has 4 nitrogen and oxygen atoms in total.